The molecule has 2 bridgehead atoms. The highest BCUT2D eigenvalue weighted by molar-refractivity contribution is 4.89. The Balaban J connectivity index is 1.62. The van der Waals surface area contributed by atoms with Crippen LogP contribution in [0.15, 0.2) is 0 Å². The van der Waals surface area contributed by atoms with E-state index in [4.69, 9.17) is 5.73 Å². The standard InChI is InChI=1S/C14H27N/c1-10(2)14(15)5-3-4-12-8-11-6-7-13(12)9-11/h10-14H,3-9,15H2,1-2H3. The first-order chi connectivity index (χ1) is 7.16. The Morgan fingerprint density at radius 2 is 2.00 bits per heavy atom. The normalized spacial score (nSPS) is 36.4. The van der Waals surface area contributed by atoms with Gasteiger partial charge >= 0.3 is 0 Å². The van der Waals surface area contributed by atoms with E-state index in [-0.39, 0.29) is 0 Å². The van der Waals surface area contributed by atoms with Crippen molar-refractivity contribution in [3.8, 4) is 0 Å². The van der Waals surface area contributed by atoms with E-state index in [0.717, 1.165) is 17.8 Å². The fourth-order valence-corrected chi connectivity index (χ4v) is 3.68. The van der Waals surface area contributed by atoms with Crippen molar-refractivity contribution >= 4 is 0 Å². The van der Waals surface area contributed by atoms with Crippen LogP contribution in [-0.4, -0.2) is 6.04 Å². The fraction of sp³-hybridized carbons (Fsp3) is 1.00. The number of hydrogen-bond donors (Lipinski definition) is 1. The maximum atomic E-state index is 6.08. The van der Waals surface area contributed by atoms with Gasteiger partial charge in [0.2, 0.25) is 0 Å². The second-order valence-corrected chi connectivity index (χ2v) is 6.27. The Bertz CT molecular complexity index is 200. The van der Waals surface area contributed by atoms with E-state index in [9.17, 15) is 0 Å². The number of rotatable bonds is 5. The summed E-state index contributed by atoms with van der Waals surface area (Å²) in [7, 11) is 0. The molecule has 4 unspecified atom stereocenters. The lowest BCUT2D eigenvalue weighted by atomic mass is 9.84. The molecule has 0 spiro atoms. The minimum atomic E-state index is 0.434. The summed E-state index contributed by atoms with van der Waals surface area (Å²) in [6.45, 7) is 4.48. The highest BCUT2D eigenvalue weighted by atomic mass is 14.6. The Hall–Kier alpha value is -0.0400. The fourth-order valence-electron chi connectivity index (χ4n) is 3.68. The average Bonchev–Trinajstić information content (AvgIpc) is 2.78. The van der Waals surface area contributed by atoms with Crippen LogP contribution in [0.25, 0.3) is 0 Å². The molecule has 4 atom stereocenters. The second-order valence-electron chi connectivity index (χ2n) is 6.27. The highest BCUT2D eigenvalue weighted by Gasteiger charge is 2.38. The summed E-state index contributed by atoms with van der Waals surface area (Å²) in [5, 5.41) is 0. The maximum absolute atomic E-state index is 6.08. The van der Waals surface area contributed by atoms with Crippen LogP contribution in [0, 0.1) is 23.7 Å². The molecule has 0 aromatic heterocycles. The Morgan fingerprint density at radius 1 is 1.20 bits per heavy atom. The van der Waals surface area contributed by atoms with E-state index in [1.165, 1.54) is 32.1 Å². The quantitative estimate of drug-likeness (QED) is 0.736. The third-order valence-electron chi connectivity index (χ3n) is 4.85. The molecule has 2 rings (SSSR count). The van der Waals surface area contributed by atoms with Gasteiger partial charge in [-0.2, -0.15) is 0 Å². The Kier molecular flexibility index (Phi) is 3.71. The molecule has 88 valence electrons. The largest absolute Gasteiger partial charge is 0.327 e. The van der Waals surface area contributed by atoms with Crippen molar-refractivity contribution in [3.63, 3.8) is 0 Å². The summed E-state index contributed by atoms with van der Waals surface area (Å²) < 4.78 is 0. The van der Waals surface area contributed by atoms with Crippen molar-refractivity contribution in [1.82, 2.24) is 0 Å². The first kappa shape index (κ1) is 11.4. The van der Waals surface area contributed by atoms with Crippen LogP contribution in [0.4, 0.5) is 0 Å². The minimum Gasteiger partial charge on any atom is -0.327 e. The maximum Gasteiger partial charge on any atom is 0.00618 e. The molecule has 0 heterocycles. The molecule has 2 N–H and O–H groups in total. The van der Waals surface area contributed by atoms with Crippen molar-refractivity contribution in [1.29, 1.82) is 0 Å². The van der Waals surface area contributed by atoms with Crippen LogP contribution in [0.1, 0.15) is 58.8 Å². The van der Waals surface area contributed by atoms with E-state index >= 15 is 0 Å². The number of nitrogens with two attached hydrogens (primary N) is 1. The predicted octanol–water partition coefficient (Wildman–Crippen LogP) is 3.58. The smallest absolute Gasteiger partial charge is 0.00618 e. The first-order valence-electron chi connectivity index (χ1n) is 6.92. The molecule has 0 aromatic carbocycles. The van der Waals surface area contributed by atoms with Gasteiger partial charge in [-0.05, 0) is 49.4 Å². The summed E-state index contributed by atoms with van der Waals surface area (Å²) in [6, 6.07) is 0.434. The SMILES string of the molecule is CC(C)C(N)CCCC1CC2CCC1C2. The molecule has 0 aliphatic heterocycles. The van der Waals surface area contributed by atoms with E-state index in [1.54, 1.807) is 12.8 Å². The zero-order valence-electron chi connectivity index (χ0n) is 10.4. The van der Waals surface area contributed by atoms with Crippen molar-refractivity contribution in [3.05, 3.63) is 0 Å². The molecule has 15 heavy (non-hydrogen) atoms. The molecule has 0 aromatic rings. The van der Waals surface area contributed by atoms with Crippen LogP contribution in [0.3, 0.4) is 0 Å². The zero-order valence-corrected chi connectivity index (χ0v) is 10.4. The summed E-state index contributed by atoms with van der Waals surface area (Å²) in [4.78, 5) is 0. The molecule has 0 saturated heterocycles. The summed E-state index contributed by atoms with van der Waals surface area (Å²) in [5.41, 5.74) is 6.08. The zero-order chi connectivity index (χ0) is 10.8. The third-order valence-corrected chi connectivity index (χ3v) is 4.85. The Morgan fingerprint density at radius 3 is 2.53 bits per heavy atom. The molecule has 0 amide bonds. The number of hydrogen-bond acceptors (Lipinski definition) is 1. The summed E-state index contributed by atoms with van der Waals surface area (Å²) in [5.74, 6) is 3.94. The van der Waals surface area contributed by atoms with Crippen molar-refractivity contribution in [2.75, 3.05) is 0 Å². The average molecular weight is 209 g/mol. The van der Waals surface area contributed by atoms with Crippen molar-refractivity contribution in [2.45, 2.75) is 64.8 Å². The lowest BCUT2D eigenvalue weighted by Gasteiger charge is -2.22. The third kappa shape index (κ3) is 2.75. The number of fused-ring (bicyclic) bond motifs is 2. The molecule has 2 aliphatic carbocycles. The first-order valence-corrected chi connectivity index (χ1v) is 6.92. The molecule has 2 aliphatic rings. The van der Waals surface area contributed by atoms with Crippen molar-refractivity contribution < 1.29 is 0 Å². The van der Waals surface area contributed by atoms with Gasteiger partial charge in [0.1, 0.15) is 0 Å². The predicted molar refractivity (Wildman–Crippen MR) is 65.6 cm³/mol. The van der Waals surface area contributed by atoms with Crippen LogP contribution in [0.5, 0.6) is 0 Å². The molecule has 1 heteroatoms. The molecule has 2 saturated carbocycles. The van der Waals surface area contributed by atoms with Gasteiger partial charge < -0.3 is 5.73 Å². The molecule has 2 fully saturated rings. The molecular formula is C14H27N. The lowest BCUT2D eigenvalue weighted by Crippen LogP contribution is -2.26. The van der Waals surface area contributed by atoms with Gasteiger partial charge in [-0.3, -0.25) is 0 Å². The molecule has 0 radical (unpaired) electrons. The Labute approximate surface area is 94.8 Å². The van der Waals surface area contributed by atoms with Gasteiger partial charge in [0.15, 0.2) is 0 Å². The highest BCUT2D eigenvalue weighted by Crippen LogP contribution is 2.49. The minimum absolute atomic E-state index is 0.434. The van der Waals surface area contributed by atoms with Gasteiger partial charge in [-0.1, -0.05) is 33.1 Å². The van der Waals surface area contributed by atoms with Crippen molar-refractivity contribution in [2.24, 2.45) is 29.4 Å². The van der Waals surface area contributed by atoms with Gasteiger partial charge in [0, 0.05) is 6.04 Å². The summed E-state index contributed by atoms with van der Waals surface area (Å²) in [6.07, 6.45) is 10.2. The lowest BCUT2D eigenvalue weighted by molar-refractivity contribution is 0.298. The van der Waals surface area contributed by atoms with Crippen LogP contribution in [0.2, 0.25) is 0 Å². The van der Waals surface area contributed by atoms with Crippen LogP contribution >= 0.6 is 0 Å². The monoisotopic (exact) mass is 209 g/mol. The van der Waals surface area contributed by atoms with Gasteiger partial charge in [0.05, 0.1) is 0 Å². The topological polar surface area (TPSA) is 26.0 Å². The van der Waals surface area contributed by atoms with E-state index in [2.05, 4.69) is 13.8 Å². The van der Waals surface area contributed by atoms with Gasteiger partial charge in [-0.25, -0.2) is 0 Å². The van der Waals surface area contributed by atoms with Gasteiger partial charge in [-0.15, -0.1) is 0 Å². The molecular weight excluding hydrogens is 182 g/mol. The molecule has 1 nitrogen and oxygen atoms in total. The van der Waals surface area contributed by atoms with Crippen LogP contribution in [-0.2, 0) is 0 Å². The van der Waals surface area contributed by atoms with E-state index < -0.39 is 0 Å². The van der Waals surface area contributed by atoms with E-state index in [0.29, 0.717) is 12.0 Å². The van der Waals surface area contributed by atoms with Crippen LogP contribution < -0.4 is 5.73 Å². The van der Waals surface area contributed by atoms with Gasteiger partial charge in [0.25, 0.3) is 0 Å². The second kappa shape index (κ2) is 4.86. The van der Waals surface area contributed by atoms with E-state index in [1.807, 2.05) is 0 Å². The summed E-state index contributed by atoms with van der Waals surface area (Å²) >= 11 is 0.